The van der Waals surface area contributed by atoms with Crippen molar-refractivity contribution in [2.24, 2.45) is 5.92 Å². The van der Waals surface area contributed by atoms with Gasteiger partial charge < -0.3 is 40.7 Å². The Kier molecular flexibility index (Phi) is 11.0. The summed E-state index contributed by atoms with van der Waals surface area (Å²) in [6.07, 6.45) is 9.19. The van der Waals surface area contributed by atoms with Gasteiger partial charge in [-0.15, -0.1) is 0 Å². The summed E-state index contributed by atoms with van der Waals surface area (Å²) in [5, 5.41) is 40.9. The molecule has 1 saturated heterocycles. The maximum Gasteiger partial charge on any atom is 0.253 e. The third-order valence-electron chi connectivity index (χ3n) is 6.81. The second-order valence-corrected chi connectivity index (χ2v) is 9.74. The van der Waals surface area contributed by atoms with Crippen molar-refractivity contribution in [3.8, 4) is 0 Å². The Morgan fingerprint density at radius 1 is 1.39 bits per heavy atom. The molecule has 202 valence electrons. The van der Waals surface area contributed by atoms with E-state index in [1.54, 1.807) is 13.1 Å². The van der Waals surface area contributed by atoms with Gasteiger partial charge in [-0.3, -0.25) is 10.1 Å². The molecular formula is C26H42N4O6. The Labute approximate surface area is 213 Å². The molecule has 1 fully saturated rings. The van der Waals surface area contributed by atoms with Crippen LogP contribution in [0.4, 0.5) is 0 Å². The van der Waals surface area contributed by atoms with E-state index in [4.69, 9.17) is 14.6 Å². The molecular weight excluding hydrogens is 464 g/mol. The lowest BCUT2D eigenvalue weighted by Gasteiger charge is -2.32. The second-order valence-electron chi connectivity index (χ2n) is 9.74. The molecule has 3 rings (SSSR count). The summed E-state index contributed by atoms with van der Waals surface area (Å²) in [6.45, 7) is 6.25. The van der Waals surface area contributed by atoms with E-state index in [1.165, 1.54) is 0 Å². The van der Waals surface area contributed by atoms with Gasteiger partial charge in [0.1, 0.15) is 12.3 Å². The molecule has 0 radical (unpaired) electrons. The zero-order chi connectivity index (χ0) is 26.1. The van der Waals surface area contributed by atoms with Crippen molar-refractivity contribution < 1.29 is 29.6 Å². The van der Waals surface area contributed by atoms with Gasteiger partial charge in [0.25, 0.3) is 5.91 Å². The first-order valence-corrected chi connectivity index (χ1v) is 12.8. The van der Waals surface area contributed by atoms with E-state index in [1.807, 2.05) is 19.2 Å². The Bertz CT molecular complexity index is 844. The number of aliphatic hydroxyl groups excluding tert-OH is 3. The van der Waals surface area contributed by atoms with Gasteiger partial charge in [0.05, 0.1) is 31.0 Å². The van der Waals surface area contributed by atoms with Crippen LogP contribution in [-0.2, 0) is 14.3 Å². The predicted octanol–water partition coefficient (Wildman–Crippen LogP) is 0.146. The minimum Gasteiger partial charge on any atom is -0.394 e. The lowest BCUT2D eigenvalue weighted by atomic mass is 9.98. The van der Waals surface area contributed by atoms with Gasteiger partial charge >= 0.3 is 0 Å². The second kappa shape index (κ2) is 13.9. The first-order valence-electron chi connectivity index (χ1n) is 12.8. The predicted molar refractivity (Wildman–Crippen MR) is 136 cm³/mol. The summed E-state index contributed by atoms with van der Waals surface area (Å²) in [5.74, 6) is 0.160. The third kappa shape index (κ3) is 8.16. The molecule has 0 aromatic heterocycles. The van der Waals surface area contributed by atoms with Crippen LogP contribution < -0.4 is 21.3 Å². The molecule has 7 N–H and O–H groups in total. The number of likely N-dealkylation sites (N-methyl/N-ethyl adjacent to an activating group) is 1. The van der Waals surface area contributed by atoms with E-state index >= 15 is 0 Å². The van der Waals surface area contributed by atoms with E-state index < -0.39 is 12.3 Å². The van der Waals surface area contributed by atoms with Gasteiger partial charge in [0.15, 0.2) is 0 Å². The fourth-order valence-electron chi connectivity index (χ4n) is 4.64. The highest BCUT2D eigenvalue weighted by atomic mass is 16.5. The Hall–Kier alpha value is -2.21. The molecule has 2 heterocycles. The van der Waals surface area contributed by atoms with Gasteiger partial charge in [-0.1, -0.05) is 19.6 Å². The van der Waals surface area contributed by atoms with Crippen molar-refractivity contribution in [3.05, 3.63) is 48.0 Å². The monoisotopic (exact) mass is 506 g/mol. The minimum atomic E-state index is -1.05. The topological polar surface area (TPSA) is 144 Å². The highest BCUT2D eigenvalue weighted by molar-refractivity contribution is 5.83. The quantitative estimate of drug-likeness (QED) is 0.145. The van der Waals surface area contributed by atoms with Gasteiger partial charge in [-0.25, -0.2) is 0 Å². The zero-order valence-corrected chi connectivity index (χ0v) is 21.3. The van der Waals surface area contributed by atoms with Crippen LogP contribution in [0.1, 0.15) is 39.0 Å². The van der Waals surface area contributed by atoms with Crippen LogP contribution in [-0.4, -0.2) is 84.7 Å². The van der Waals surface area contributed by atoms with E-state index in [2.05, 4.69) is 33.9 Å². The number of carbonyl (C=O) groups excluding carboxylic acids is 1. The molecule has 2 aliphatic heterocycles. The van der Waals surface area contributed by atoms with Crippen molar-refractivity contribution in [3.63, 3.8) is 0 Å². The summed E-state index contributed by atoms with van der Waals surface area (Å²) in [6, 6.07) is -0.0729. The van der Waals surface area contributed by atoms with Crippen molar-refractivity contribution >= 4 is 5.91 Å². The first kappa shape index (κ1) is 28.4. The molecule has 10 heteroatoms. The molecule has 0 spiro atoms. The van der Waals surface area contributed by atoms with E-state index in [0.717, 1.165) is 30.7 Å². The van der Waals surface area contributed by atoms with E-state index in [0.29, 0.717) is 25.0 Å². The molecule has 1 aliphatic carbocycles. The van der Waals surface area contributed by atoms with Crippen LogP contribution in [0.3, 0.4) is 0 Å². The summed E-state index contributed by atoms with van der Waals surface area (Å²) < 4.78 is 12.0. The number of hydrogen-bond donors (Lipinski definition) is 7. The van der Waals surface area contributed by atoms with Gasteiger partial charge in [0.2, 0.25) is 0 Å². The average molecular weight is 507 g/mol. The van der Waals surface area contributed by atoms with E-state index in [-0.39, 0.29) is 49.3 Å². The molecule has 3 aliphatic rings. The Morgan fingerprint density at radius 3 is 2.89 bits per heavy atom. The smallest absolute Gasteiger partial charge is 0.253 e. The zero-order valence-electron chi connectivity index (χ0n) is 21.3. The summed E-state index contributed by atoms with van der Waals surface area (Å²) >= 11 is 0. The number of allylic oxidation sites excluding steroid dienone is 1. The normalized spacial score (nSPS) is 30.2. The molecule has 0 aromatic carbocycles. The molecule has 10 nitrogen and oxygen atoms in total. The maximum absolute atomic E-state index is 12.6. The third-order valence-corrected chi connectivity index (χ3v) is 6.81. The summed E-state index contributed by atoms with van der Waals surface area (Å²) in [7, 11) is 1.81. The van der Waals surface area contributed by atoms with Crippen LogP contribution in [0.25, 0.3) is 0 Å². The number of ether oxygens (including phenoxy) is 2. The first-order chi connectivity index (χ1) is 17.3. The van der Waals surface area contributed by atoms with Crippen molar-refractivity contribution in [1.29, 1.82) is 0 Å². The number of amides is 1. The maximum atomic E-state index is 12.6. The number of carbonyl (C=O) groups is 1. The van der Waals surface area contributed by atoms with Gasteiger partial charge in [-0.05, 0) is 49.1 Å². The molecule has 7 atom stereocenters. The van der Waals surface area contributed by atoms with Crippen LogP contribution in [0, 0.1) is 5.92 Å². The van der Waals surface area contributed by atoms with Crippen molar-refractivity contribution in [2.45, 2.75) is 75.7 Å². The van der Waals surface area contributed by atoms with E-state index in [9.17, 15) is 15.0 Å². The SMILES string of the molecule is C=C(/C=C(\NC)[C@@H]1C[C@H](O[C@H]2CCC=C(NC(=O)C3OCC[C@@H]3C)C2)C=CN1)[C@@H](O)NCC(O)CO. The average Bonchev–Trinajstić information content (AvgIpc) is 3.31. The van der Waals surface area contributed by atoms with Crippen LogP contribution in [0.2, 0.25) is 0 Å². The standard InChI is InChI=1S/C26H42N4O6/c1-16-8-10-35-24(16)26(34)30-18-5-4-6-20(12-18)36-21-7-9-28-23(13-21)22(27-3)11-17(2)25(33)29-14-19(32)15-31/h5,7,9,11,16,19-21,23-25,27-29,31-33H,2,4,6,8,10,12-15H2,1,3H3,(H,30,34)/b22-11-/t16-,19?,20-,21+,23-,24?,25+/m0/s1. The lowest BCUT2D eigenvalue weighted by molar-refractivity contribution is -0.130. The molecule has 2 unspecified atom stereocenters. The van der Waals surface area contributed by atoms with Gasteiger partial charge in [0, 0.05) is 44.4 Å². The fraction of sp³-hybridized carbons (Fsp3) is 0.654. The van der Waals surface area contributed by atoms with Crippen LogP contribution in [0.15, 0.2) is 48.0 Å². The molecule has 0 aromatic rings. The van der Waals surface area contributed by atoms with Gasteiger partial charge in [-0.2, -0.15) is 0 Å². The van der Waals surface area contributed by atoms with Crippen LogP contribution in [0.5, 0.6) is 0 Å². The Balaban J connectivity index is 1.51. The number of rotatable bonds is 12. The van der Waals surface area contributed by atoms with Crippen molar-refractivity contribution in [1.82, 2.24) is 21.3 Å². The highest BCUT2D eigenvalue weighted by Gasteiger charge is 2.32. The fourth-order valence-corrected chi connectivity index (χ4v) is 4.64. The minimum absolute atomic E-state index is 0.00146. The lowest BCUT2D eigenvalue weighted by Crippen LogP contribution is -2.42. The summed E-state index contributed by atoms with van der Waals surface area (Å²) in [5.41, 5.74) is 2.16. The number of nitrogens with one attached hydrogen (secondary N) is 4. The van der Waals surface area contributed by atoms with Crippen molar-refractivity contribution in [2.75, 3.05) is 26.8 Å². The largest absolute Gasteiger partial charge is 0.394 e. The molecule has 36 heavy (non-hydrogen) atoms. The number of hydrogen-bond acceptors (Lipinski definition) is 9. The van der Waals surface area contributed by atoms with Crippen LogP contribution >= 0.6 is 0 Å². The number of aliphatic hydroxyl groups is 3. The highest BCUT2D eigenvalue weighted by Crippen LogP contribution is 2.26. The molecule has 0 saturated carbocycles. The molecule has 0 bridgehead atoms. The molecule has 1 amide bonds. The Morgan fingerprint density at radius 2 is 2.19 bits per heavy atom. The summed E-state index contributed by atoms with van der Waals surface area (Å²) in [4.78, 5) is 12.6.